The highest BCUT2D eigenvalue weighted by atomic mass is 19.4. The first-order valence-electron chi connectivity index (χ1n) is 7.41. The molecule has 1 unspecified atom stereocenters. The fourth-order valence-electron chi connectivity index (χ4n) is 2.14. The Kier molecular flexibility index (Phi) is 6.16. The lowest BCUT2D eigenvalue weighted by molar-refractivity contribution is -0.141. The van der Waals surface area contributed by atoms with Gasteiger partial charge in [0.05, 0.1) is 19.3 Å². The third-order valence-electron chi connectivity index (χ3n) is 3.32. The van der Waals surface area contributed by atoms with E-state index in [2.05, 4.69) is 4.98 Å². The summed E-state index contributed by atoms with van der Waals surface area (Å²) < 4.78 is 43.4. The normalized spacial score (nSPS) is 12.9. The van der Waals surface area contributed by atoms with Crippen LogP contribution in [0.3, 0.4) is 0 Å². The summed E-state index contributed by atoms with van der Waals surface area (Å²) >= 11 is 0. The van der Waals surface area contributed by atoms with Gasteiger partial charge in [-0.1, -0.05) is 36.4 Å². The number of nitrogens with zero attached hydrogens (tertiary/aromatic N) is 2. The maximum absolute atomic E-state index is 12.7. The van der Waals surface area contributed by atoms with Crippen molar-refractivity contribution in [1.29, 1.82) is 0 Å². The van der Waals surface area contributed by atoms with Crippen LogP contribution >= 0.6 is 0 Å². The number of halogens is 3. The predicted octanol–water partition coefficient (Wildman–Crippen LogP) is 3.11. The molecule has 24 heavy (non-hydrogen) atoms. The Balaban J connectivity index is 1.84. The minimum atomic E-state index is -4.49. The number of aliphatic hydroxyl groups is 1. The molecule has 1 N–H and O–H groups in total. The largest absolute Gasteiger partial charge is 0.433 e. The van der Waals surface area contributed by atoms with Crippen LogP contribution in [0.2, 0.25) is 0 Å². The number of anilines is 1. The molecular formula is C17H19F3N2O2. The van der Waals surface area contributed by atoms with Gasteiger partial charge in [0, 0.05) is 13.6 Å². The Morgan fingerprint density at radius 1 is 1.12 bits per heavy atom. The number of alkyl halides is 3. The van der Waals surface area contributed by atoms with Gasteiger partial charge in [0.15, 0.2) is 0 Å². The van der Waals surface area contributed by atoms with Crippen molar-refractivity contribution in [2.24, 2.45) is 0 Å². The number of aromatic nitrogens is 1. The molecule has 4 nitrogen and oxygen atoms in total. The minimum absolute atomic E-state index is 0.0815. The zero-order chi connectivity index (χ0) is 17.6. The Morgan fingerprint density at radius 3 is 2.50 bits per heavy atom. The highest BCUT2D eigenvalue weighted by Crippen LogP contribution is 2.28. The van der Waals surface area contributed by atoms with Gasteiger partial charge < -0.3 is 14.7 Å². The van der Waals surface area contributed by atoms with E-state index in [1.165, 1.54) is 17.0 Å². The average molecular weight is 340 g/mol. The highest BCUT2D eigenvalue weighted by molar-refractivity contribution is 5.38. The average Bonchev–Trinajstić information content (AvgIpc) is 2.55. The van der Waals surface area contributed by atoms with Crippen LogP contribution in [0, 0.1) is 0 Å². The second-order valence-electron chi connectivity index (χ2n) is 5.41. The number of aliphatic hydroxyl groups excluding tert-OH is 1. The standard InChI is InChI=1S/C17H19F3N2O2/c1-22(16-9-5-8-15(21-16)17(18,19)20)10-14(23)12-24-11-13-6-3-2-4-7-13/h2-9,14,23H,10-12H2,1H3. The van der Waals surface area contributed by atoms with Crippen molar-refractivity contribution >= 4 is 5.82 Å². The predicted molar refractivity (Wildman–Crippen MR) is 84.6 cm³/mol. The molecule has 0 fully saturated rings. The van der Waals surface area contributed by atoms with Crippen molar-refractivity contribution < 1.29 is 23.0 Å². The first-order chi connectivity index (χ1) is 11.4. The van der Waals surface area contributed by atoms with E-state index in [1.54, 1.807) is 7.05 Å². The lowest BCUT2D eigenvalue weighted by Crippen LogP contribution is -2.33. The van der Waals surface area contributed by atoms with Crippen molar-refractivity contribution in [1.82, 2.24) is 4.98 Å². The van der Waals surface area contributed by atoms with Gasteiger partial charge in [0.25, 0.3) is 0 Å². The monoisotopic (exact) mass is 340 g/mol. The van der Waals surface area contributed by atoms with E-state index in [-0.39, 0.29) is 19.0 Å². The molecule has 0 aliphatic carbocycles. The van der Waals surface area contributed by atoms with Gasteiger partial charge in [0.2, 0.25) is 0 Å². The van der Waals surface area contributed by atoms with Gasteiger partial charge in [-0.15, -0.1) is 0 Å². The summed E-state index contributed by atoms with van der Waals surface area (Å²) in [5.74, 6) is 0.145. The summed E-state index contributed by atoms with van der Waals surface area (Å²) in [4.78, 5) is 5.04. The number of hydrogen-bond acceptors (Lipinski definition) is 4. The molecule has 2 rings (SSSR count). The number of rotatable bonds is 7. The maximum atomic E-state index is 12.7. The van der Waals surface area contributed by atoms with Crippen molar-refractivity contribution in [3.8, 4) is 0 Å². The molecule has 2 aromatic rings. The van der Waals surface area contributed by atoms with Gasteiger partial charge in [0.1, 0.15) is 11.5 Å². The van der Waals surface area contributed by atoms with Crippen LogP contribution in [0.25, 0.3) is 0 Å². The Morgan fingerprint density at radius 2 is 1.83 bits per heavy atom. The molecule has 0 saturated heterocycles. The molecule has 1 aromatic carbocycles. The quantitative estimate of drug-likeness (QED) is 0.841. The molecule has 0 amide bonds. The number of benzene rings is 1. The van der Waals surface area contributed by atoms with Crippen LogP contribution < -0.4 is 4.90 Å². The Labute approximate surface area is 138 Å². The van der Waals surface area contributed by atoms with Crippen molar-refractivity contribution in [2.75, 3.05) is 25.1 Å². The number of likely N-dealkylation sites (N-methyl/N-ethyl adjacent to an activating group) is 1. The fraction of sp³-hybridized carbons (Fsp3) is 0.353. The summed E-state index contributed by atoms with van der Waals surface area (Å²) in [6.07, 6.45) is -5.33. The molecular weight excluding hydrogens is 321 g/mol. The smallest absolute Gasteiger partial charge is 0.389 e. The summed E-state index contributed by atoms with van der Waals surface area (Å²) in [5, 5.41) is 9.97. The first kappa shape index (κ1) is 18.2. The molecule has 0 saturated carbocycles. The van der Waals surface area contributed by atoms with Crippen molar-refractivity contribution in [3.63, 3.8) is 0 Å². The van der Waals surface area contributed by atoms with Crippen LogP contribution in [0.4, 0.5) is 19.0 Å². The SMILES string of the molecule is CN(CC(O)COCc1ccccc1)c1cccc(C(F)(F)F)n1. The summed E-state index contributed by atoms with van der Waals surface area (Å²) in [6.45, 7) is 0.560. The summed E-state index contributed by atoms with van der Waals surface area (Å²) in [6, 6.07) is 13.2. The van der Waals surface area contributed by atoms with E-state index in [0.717, 1.165) is 11.6 Å². The van der Waals surface area contributed by atoms with Crippen LogP contribution in [0.15, 0.2) is 48.5 Å². The van der Waals surface area contributed by atoms with Gasteiger partial charge in [-0.2, -0.15) is 13.2 Å². The van der Waals surface area contributed by atoms with Crippen LogP contribution in [0.5, 0.6) is 0 Å². The van der Waals surface area contributed by atoms with Gasteiger partial charge in [-0.25, -0.2) is 4.98 Å². The molecule has 7 heteroatoms. The van der Waals surface area contributed by atoms with Crippen molar-refractivity contribution in [2.45, 2.75) is 18.9 Å². The van der Waals surface area contributed by atoms with E-state index < -0.39 is 18.0 Å². The highest BCUT2D eigenvalue weighted by Gasteiger charge is 2.32. The number of pyridine rings is 1. The zero-order valence-corrected chi connectivity index (χ0v) is 13.2. The Bertz CT molecular complexity index is 635. The third kappa shape index (κ3) is 5.50. The zero-order valence-electron chi connectivity index (χ0n) is 13.2. The molecule has 130 valence electrons. The number of ether oxygens (including phenoxy) is 1. The summed E-state index contributed by atoms with van der Waals surface area (Å²) in [7, 11) is 1.57. The van der Waals surface area contributed by atoms with E-state index in [0.29, 0.717) is 6.61 Å². The lowest BCUT2D eigenvalue weighted by Gasteiger charge is -2.22. The topological polar surface area (TPSA) is 45.6 Å². The maximum Gasteiger partial charge on any atom is 0.433 e. The van der Waals surface area contributed by atoms with Crippen molar-refractivity contribution in [3.05, 3.63) is 59.8 Å². The second kappa shape index (κ2) is 8.12. The molecule has 0 aliphatic rings. The molecule has 1 atom stereocenters. The molecule has 1 heterocycles. The van der Waals surface area contributed by atoms with E-state index in [9.17, 15) is 18.3 Å². The van der Waals surface area contributed by atoms with Crippen LogP contribution in [-0.4, -0.2) is 36.4 Å². The van der Waals surface area contributed by atoms with Crippen LogP contribution in [0.1, 0.15) is 11.3 Å². The molecule has 0 radical (unpaired) electrons. The second-order valence-corrected chi connectivity index (χ2v) is 5.41. The molecule has 0 bridgehead atoms. The fourth-order valence-corrected chi connectivity index (χ4v) is 2.14. The summed E-state index contributed by atoms with van der Waals surface area (Å²) in [5.41, 5.74) is 0.0271. The van der Waals surface area contributed by atoms with Gasteiger partial charge >= 0.3 is 6.18 Å². The molecule has 0 aliphatic heterocycles. The van der Waals surface area contributed by atoms with Crippen LogP contribution in [-0.2, 0) is 17.5 Å². The third-order valence-corrected chi connectivity index (χ3v) is 3.32. The lowest BCUT2D eigenvalue weighted by atomic mass is 10.2. The minimum Gasteiger partial charge on any atom is -0.389 e. The van der Waals surface area contributed by atoms with E-state index >= 15 is 0 Å². The number of hydrogen-bond donors (Lipinski definition) is 1. The first-order valence-corrected chi connectivity index (χ1v) is 7.41. The molecule has 0 spiro atoms. The van der Waals surface area contributed by atoms with E-state index in [1.807, 2.05) is 30.3 Å². The van der Waals surface area contributed by atoms with Gasteiger partial charge in [-0.05, 0) is 17.7 Å². The van der Waals surface area contributed by atoms with Gasteiger partial charge in [-0.3, -0.25) is 0 Å². The molecule has 1 aromatic heterocycles. The van der Waals surface area contributed by atoms with E-state index in [4.69, 9.17) is 4.74 Å². The Hall–Kier alpha value is -2.12.